The number of ketones is 1. The molecule has 0 aliphatic rings. The molecule has 0 saturated carbocycles. The summed E-state index contributed by atoms with van der Waals surface area (Å²) in [5.74, 6) is -1.09. The summed E-state index contributed by atoms with van der Waals surface area (Å²) in [6.07, 6.45) is 2.37. The Kier molecular flexibility index (Phi) is 2.97. The van der Waals surface area contributed by atoms with E-state index >= 15 is 0 Å². The molecule has 0 N–H and O–H groups in total. The molecule has 0 atom stereocenters. The van der Waals surface area contributed by atoms with Crippen LogP contribution in [0.15, 0.2) is 42.7 Å². The highest BCUT2D eigenvalue weighted by Crippen LogP contribution is 2.19. The van der Waals surface area contributed by atoms with Crippen molar-refractivity contribution in [2.75, 3.05) is 0 Å². The fraction of sp³-hybridized carbons (Fsp3) is 0. The topological polar surface area (TPSA) is 30.0 Å². The molecule has 0 unspecified atom stereocenters. The molecular weight excluding hydrogens is 229 g/mol. The molecule has 4 heteroatoms. The zero-order chi connectivity index (χ0) is 11.5. The molecule has 2 nitrogen and oxygen atoms in total. The maximum atomic E-state index is 13.3. The summed E-state index contributed by atoms with van der Waals surface area (Å²) in [4.78, 5) is 15.5. The van der Waals surface area contributed by atoms with Gasteiger partial charge in [0.15, 0.2) is 11.6 Å². The summed E-state index contributed by atoms with van der Waals surface area (Å²) in [5, 5.41) is 0.309. The number of halogens is 2. The Bertz CT molecular complexity index is 495. The maximum Gasteiger partial charge on any atom is 0.197 e. The molecule has 0 spiro atoms. The number of carbonyl (C=O) groups excluding carboxylic acids is 1. The standard InChI is InChI=1S/C12H7ClFNO/c13-10-4-2-1-3-8(10)12(16)9-5-6-15-7-11(9)14/h1-7H. The Balaban J connectivity index is 2.48. The van der Waals surface area contributed by atoms with Crippen molar-refractivity contribution in [2.45, 2.75) is 0 Å². The Morgan fingerprint density at radius 1 is 1.19 bits per heavy atom. The second kappa shape index (κ2) is 4.41. The van der Waals surface area contributed by atoms with Crippen LogP contribution in [0.4, 0.5) is 4.39 Å². The van der Waals surface area contributed by atoms with Crippen LogP contribution in [0.1, 0.15) is 15.9 Å². The van der Waals surface area contributed by atoms with Crippen molar-refractivity contribution in [3.05, 3.63) is 64.7 Å². The van der Waals surface area contributed by atoms with Gasteiger partial charge in [0.2, 0.25) is 0 Å². The second-order valence-corrected chi connectivity index (χ2v) is 3.57. The third-order valence-electron chi connectivity index (χ3n) is 2.14. The van der Waals surface area contributed by atoms with E-state index in [1.807, 2.05) is 0 Å². The fourth-order valence-corrected chi connectivity index (χ4v) is 1.57. The Hall–Kier alpha value is -1.74. The number of hydrogen-bond donors (Lipinski definition) is 0. The molecule has 1 aromatic heterocycles. The smallest absolute Gasteiger partial charge is 0.197 e. The molecule has 0 aliphatic heterocycles. The predicted molar refractivity (Wildman–Crippen MR) is 59.1 cm³/mol. The first-order valence-corrected chi connectivity index (χ1v) is 4.96. The van der Waals surface area contributed by atoms with E-state index in [4.69, 9.17) is 11.6 Å². The molecule has 2 rings (SSSR count). The Morgan fingerprint density at radius 3 is 2.62 bits per heavy atom. The molecule has 80 valence electrons. The zero-order valence-electron chi connectivity index (χ0n) is 8.15. The monoisotopic (exact) mass is 235 g/mol. The highest BCUT2D eigenvalue weighted by atomic mass is 35.5. The first-order chi connectivity index (χ1) is 7.70. The summed E-state index contributed by atoms with van der Waals surface area (Å²) < 4.78 is 13.3. The summed E-state index contributed by atoms with van der Waals surface area (Å²) in [5.41, 5.74) is 0.261. The van der Waals surface area contributed by atoms with Gasteiger partial charge >= 0.3 is 0 Å². The summed E-state index contributed by atoms with van der Waals surface area (Å²) in [6, 6.07) is 7.87. The van der Waals surface area contributed by atoms with E-state index in [-0.39, 0.29) is 11.1 Å². The van der Waals surface area contributed by atoms with Gasteiger partial charge < -0.3 is 0 Å². The molecular formula is C12H7ClFNO. The van der Waals surface area contributed by atoms with E-state index in [1.165, 1.54) is 12.3 Å². The van der Waals surface area contributed by atoms with E-state index in [0.29, 0.717) is 5.02 Å². The quantitative estimate of drug-likeness (QED) is 0.749. The minimum Gasteiger partial charge on any atom is -0.288 e. The van der Waals surface area contributed by atoms with E-state index in [2.05, 4.69) is 4.98 Å². The predicted octanol–water partition coefficient (Wildman–Crippen LogP) is 3.11. The van der Waals surface area contributed by atoms with Crippen molar-refractivity contribution in [1.82, 2.24) is 4.98 Å². The normalized spacial score (nSPS) is 10.1. The minimum atomic E-state index is -0.646. The third-order valence-corrected chi connectivity index (χ3v) is 2.47. The molecule has 0 saturated heterocycles. The lowest BCUT2D eigenvalue weighted by Gasteiger charge is -2.03. The van der Waals surface area contributed by atoms with Crippen molar-refractivity contribution in [2.24, 2.45) is 0 Å². The molecule has 0 fully saturated rings. The van der Waals surface area contributed by atoms with Crippen LogP contribution < -0.4 is 0 Å². The number of pyridine rings is 1. The van der Waals surface area contributed by atoms with Crippen molar-refractivity contribution in [1.29, 1.82) is 0 Å². The van der Waals surface area contributed by atoms with Crippen LogP contribution in [-0.4, -0.2) is 10.8 Å². The lowest BCUT2D eigenvalue weighted by molar-refractivity contribution is 0.103. The lowest BCUT2D eigenvalue weighted by atomic mass is 10.0. The van der Waals surface area contributed by atoms with Gasteiger partial charge in [-0.1, -0.05) is 23.7 Å². The number of rotatable bonds is 2. The van der Waals surface area contributed by atoms with Crippen molar-refractivity contribution in [3.8, 4) is 0 Å². The lowest BCUT2D eigenvalue weighted by Crippen LogP contribution is -2.05. The largest absolute Gasteiger partial charge is 0.288 e. The van der Waals surface area contributed by atoms with Crippen molar-refractivity contribution >= 4 is 17.4 Å². The van der Waals surface area contributed by atoms with Crippen molar-refractivity contribution < 1.29 is 9.18 Å². The van der Waals surface area contributed by atoms with Gasteiger partial charge in [-0.2, -0.15) is 0 Å². The van der Waals surface area contributed by atoms with Crippen LogP contribution in [0.25, 0.3) is 0 Å². The Morgan fingerprint density at radius 2 is 1.94 bits per heavy atom. The average molecular weight is 236 g/mol. The number of aromatic nitrogens is 1. The van der Waals surface area contributed by atoms with Crippen LogP contribution >= 0.6 is 11.6 Å². The molecule has 0 amide bonds. The van der Waals surface area contributed by atoms with Gasteiger partial charge in [-0.05, 0) is 18.2 Å². The van der Waals surface area contributed by atoms with Gasteiger partial charge in [0.1, 0.15) is 0 Å². The van der Waals surface area contributed by atoms with Gasteiger partial charge in [-0.15, -0.1) is 0 Å². The molecule has 1 aromatic carbocycles. The number of carbonyl (C=O) groups is 1. The van der Waals surface area contributed by atoms with Gasteiger partial charge in [0, 0.05) is 11.8 Å². The SMILES string of the molecule is O=C(c1ccncc1F)c1ccccc1Cl. The molecule has 0 radical (unpaired) electrons. The zero-order valence-corrected chi connectivity index (χ0v) is 8.91. The van der Waals surface area contributed by atoms with Gasteiger partial charge in [-0.25, -0.2) is 4.39 Å². The van der Waals surface area contributed by atoms with Gasteiger partial charge in [0.25, 0.3) is 0 Å². The molecule has 16 heavy (non-hydrogen) atoms. The maximum absolute atomic E-state index is 13.3. The van der Waals surface area contributed by atoms with Crippen molar-refractivity contribution in [3.63, 3.8) is 0 Å². The summed E-state index contributed by atoms with van der Waals surface area (Å²) in [7, 11) is 0. The summed E-state index contributed by atoms with van der Waals surface area (Å²) >= 11 is 5.86. The average Bonchev–Trinajstić information content (AvgIpc) is 2.29. The minimum absolute atomic E-state index is 0.0249. The fourth-order valence-electron chi connectivity index (χ4n) is 1.35. The Labute approximate surface area is 96.7 Å². The molecule has 1 heterocycles. The molecule has 0 bridgehead atoms. The van der Waals surface area contributed by atoms with Crippen LogP contribution in [-0.2, 0) is 0 Å². The number of hydrogen-bond acceptors (Lipinski definition) is 2. The number of nitrogens with zero attached hydrogens (tertiary/aromatic N) is 1. The van der Waals surface area contributed by atoms with Crippen LogP contribution in [0.5, 0.6) is 0 Å². The van der Waals surface area contributed by atoms with Crippen LogP contribution in [0, 0.1) is 5.82 Å². The highest BCUT2D eigenvalue weighted by molar-refractivity contribution is 6.34. The van der Waals surface area contributed by atoms with Crippen LogP contribution in [0.3, 0.4) is 0 Å². The number of benzene rings is 1. The molecule has 2 aromatic rings. The van der Waals surface area contributed by atoms with E-state index in [0.717, 1.165) is 6.20 Å². The first-order valence-electron chi connectivity index (χ1n) is 4.59. The highest BCUT2D eigenvalue weighted by Gasteiger charge is 2.15. The van der Waals surface area contributed by atoms with Crippen LogP contribution in [0.2, 0.25) is 5.02 Å². The van der Waals surface area contributed by atoms with Gasteiger partial charge in [0.05, 0.1) is 16.8 Å². The summed E-state index contributed by atoms with van der Waals surface area (Å²) in [6.45, 7) is 0. The first kappa shape index (κ1) is 10.8. The second-order valence-electron chi connectivity index (χ2n) is 3.16. The van der Waals surface area contributed by atoms with Gasteiger partial charge in [-0.3, -0.25) is 9.78 Å². The van der Waals surface area contributed by atoms with E-state index in [1.54, 1.807) is 24.3 Å². The third kappa shape index (κ3) is 1.95. The van der Waals surface area contributed by atoms with E-state index in [9.17, 15) is 9.18 Å². The van der Waals surface area contributed by atoms with E-state index < -0.39 is 11.6 Å². The molecule has 0 aliphatic carbocycles.